The number of anilines is 1. The molecular formula is C17H25BrN2. The predicted molar refractivity (Wildman–Crippen MR) is 89.0 cm³/mol. The van der Waals surface area contributed by atoms with Gasteiger partial charge in [0.2, 0.25) is 0 Å². The molecule has 20 heavy (non-hydrogen) atoms. The van der Waals surface area contributed by atoms with Crippen molar-refractivity contribution in [2.75, 3.05) is 18.5 Å². The normalized spacial score (nSPS) is 29.7. The van der Waals surface area contributed by atoms with E-state index in [4.69, 9.17) is 5.73 Å². The van der Waals surface area contributed by atoms with Crippen LogP contribution in [0.5, 0.6) is 0 Å². The molecule has 110 valence electrons. The number of nitrogens with zero attached hydrogens (tertiary/aromatic N) is 1. The second kappa shape index (κ2) is 5.69. The molecule has 0 aromatic heterocycles. The minimum absolute atomic E-state index is 0.0839. The molecule has 0 radical (unpaired) electrons. The molecule has 0 amide bonds. The topological polar surface area (TPSA) is 29.3 Å². The summed E-state index contributed by atoms with van der Waals surface area (Å²) in [4.78, 5) is 2.43. The fraction of sp³-hybridized carbons (Fsp3) is 0.647. The van der Waals surface area contributed by atoms with Crippen LogP contribution in [0.1, 0.15) is 44.2 Å². The zero-order valence-corrected chi connectivity index (χ0v) is 14.1. The second-order valence-electron chi connectivity index (χ2n) is 6.81. The Morgan fingerprint density at radius 2 is 2.15 bits per heavy atom. The molecule has 3 rings (SSSR count). The molecule has 0 saturated heterocycles. The zero-order chi connectivity index (χ0) is 14.3. The Bertz CT molecular complexity index is 486. The molecule has 4 unspecified atom stereocenters. The lowest BCUT2D eigenvalue weighted by Crippen LogP contribution is -2.29. The molecule has 0 spiro atoms. The minimum Gasteiger partial charge on any atom is -0.374 e. The average molecular weight is 337 g/mol. The molecule has 2 aliphatic rings. The van der Waals surface area contributed by atoms with Crippen LogP contribution in [-0.4, -0.2) is 13.6 Å². The Kier molecular flexibility index (Phi) is 4.09. The smallest absolute Gasteiger partial charge is 0.0423 e. The van der Waals surface area contributed by atoms with Crippen molar-refractivity contribution in [1.29, 1.82) is 0 Å². The molecule has 0 heterocycles. The summed E-state index contributed by atoms with van der Waals surface area (Å²) in [6.45, 7) is 3.25. The first-order chi connectivity index (χ1) is 9.54. The van der Waals surface area contributed by atoms with Crippen LogP contribution in [0.2, 0.25) is 0 Å². The van der Waals surface area contributed by atoms with Gasteiger partial charge in [0, 0.05) is 29.8 Å². The van der Waals surface area contributed by atoms with Gasteiger partial charge in [-0.2, -0.15) is 0 Å². The summed E-state index contributed by atoms with van der Waals surface area (Å²) in [5, 5.41) is 0. The quantitative estimate of drug-likeness (QED) is 0.885. The molecule has 1 aromatic rings. The summed E-state index contributed by atoms with van der Waals surface area (Å²) in [5.74, 6) is 2.89. The third-order valence-electron chi connectivity index (χ3n) is 5.29. The summed E-state index contributed by atoms with van der Waals surface area (Å²) < 4.78 is 1.14. The SMILES string of the molecule is CC(N)c1ccc(Br)cc1N(C)CC1CC2CCC1C2. The third kappa shape index (κ3) is 2.75. The lowest BCUT2D eigenvalue weighted by atomic mass is 9.88. The van der Waals surface area contributed by atoms with Gasteiger partial charge in [0.05, 0.1) is 0 Å². The van der Waals surface area contributed by atoms with Crippen molar-refractivity contribution in [3.63, 3.8) is 0 Å². The molecule has 2 N–H and O–H groups in total. The fourth-order valence-corrected chi connectivity index (χ4v) is 4.63. The zero-order valence-electron chi connectivity index (χ0n) is 12.5. The van der Waals surface area contributed by atoms with Gasteiger partial charge >= 0.3 is 0 Å². The first-order valence-electron chi connectivity index (χ1n) is 7.80. The maximum atomic E-state index is 6.13. The summed E-state index contributed by atoms with van der Waals surface area (Å²) in [7, 11) is 2.22. The first kappa shape index (κ1) is 14.4. The van der Waals surface area contributed by atoms with E-state index in [1.165, 1.54) is 43.5 Å². The van der Waals surface area contributed by atoms with Crippen molar-refractivity contribution >= 4 is 21.6 Å². The Balaban J connectivity index is 1.76. The van der Waals surface area contributed by atoms with Gasteiger partial charge in [0.15, 0.2) is 0 Å². The van der Waals surface area contributed by atoms with Gasteiger partial charge in [0.25, 0.3) is 0 Å². The van der Waals surface area contributed by atoms with Crippen molar-refractivity contribution in [3.05, 3.63) is 28.2 Å². The van der Waals surface area contributed by atoms with Crippen LogP contribution in [0.25, 0.3) is 0 Å². The maximum absolute atomic E-state index is 6.13. The molecule has 2 fully saturated rings. The van der Waals surface area contributed by atoms with E-state index in [2.05, 4.69) is 53.0 Å². The number of fused-ring (bicyclic) bond motifs is 2. The van der Waals surface area contributed by atoms with E-state index in [0.29, 0.717) is 0 Å². The highest BCUT2D eigenvalue weighted by Gasteiger charge is 2.39. The highest BCUT2D eigenvalue weighted by molar-refractivity contribution is 9.10. The first-order valence-corrected chi connectivity index (χ1v) is 8.60. The molecule has 2 aliphatic carbocycles. The highest BCUT2D eigenvalue weighted by Crippen LogP contribution is 2.48. The van der Waals surface area contributed by atoms with Gasteiger partial charge in [-0.25, -0.2) is 0 Å². The van der Waals surface area contributed by atoms with E-state index in [1.54, 1.807) is 0 Å². The monoisotopic (exact) mass is 336 g/mol. The van der Waals surface area contributed by atoms with E-state index < -0.39 is 0 Å². The van der Waals surface area contributed by atoms with Crippen LogP contribution in [0.3, 0.4) is 0 Å². The van der Waals surface area contributed by atoms with E-state index in [0.717, 1.165) is 22.2 Å². The molecule has 2 saturated carbocycles. The summed E-state index contributed by atoms with van der Waals surface area (Å²) in [6, 6.07) is 6.54. The molecule has 3 heteroatoms. The Hall–Kier alpha value is -0.540. The Morgan fingerprint density at radius 1 is 1.35 bits per heavy atom. The maximum Gasteiger partial charge on any atom is 0.0423 e. The molecule has 1 aromatic carbocycles. The van der Waals surface area contributed by atoms with Gasteiger partial charge in [0.1, 0.15) is 0 Å². The van der Waals surface area contributed by atoms with E-state index in [1.807, 2.05) is 0 Å². The fourth-order valence-electron chi connectivity index (χ4n) is 4.28. The number of hydrogen-bond donors (Lipinski definition) is 1. The molecule has 0 aliphatic heterocycles. The molecule has 2 nitrogen and oxygen atoms in total. The number of nitrogens with two attached hydrogens (primary N) is 1. The summed E-state index contributed by atoms with van der Waals surface area (Å²) >= 11 is 3.59. The minimum atomic E-state index is 0.0839. The summed E-state index contributed by atoms with van der Waals surface area (Å²) in [6.07, 6.45) is 5.86. The number of rotatable bonds is 4. The Morgan fingerprint density at radius 3 is 2.75 bits per heavy atom. The van der Waals surface area contributed by atoms with Gasteiger partial charge in [-0.05, 0) is 61.6 Å². The third-order valence-corrected chi connectivity index (χ3v) is 5.78. The number of benzene rings is 1. The number of hydrogen-bond acceptors (Lipinski definition) is 2. The van der Waals surface area contributed by atoms with Gasteiger partial charge < -0.3 is 10.6 Å². The van der Waals surface area contributed by atoms with Crippen molar-refractivity contribution < 1.29 is 0 Å². The van der Waals surface area contributed by atoms with Crippen LogP contribution in [0.15, 0.2) is 22.7 Å². The second-order valence-corrected chi connectivity index (χ2v) is 7.72. The van der Waals surface area contributed by atoms with Gasteiger partial charge in [-0.15, -0.1) is 0 Å². The van der Waals surface area contributed by atoms with Crippen LogP contribution in [0, 0.1) is 17.8 Å². The van der Waals surface area contributed by atoms with Crippen LogP contribution >= 0.6 is 15.9 Å². The lowest BCUT2D eigenvalue weighted by Gasteiger charge is -2.30. The van der Waals surface area contributed by atoms with Crippen LogP contribution in [-0.2, 0) is 0 Å². The standard InChI is InChI=1S/C17H25BrN2/c1-11(19)16-6-5-15(18)9-17(16)20(2)10-14-8-12-3-4-13(14)7-12/h5-6,9,11-14H,3-4,7-8,10,19H2,1-2H3. The highest BCUT2D eigenvalue weighted by atomic mass is 79.9. The Labute approximate surface area is 130 Å². The van der Waals surface area contributed by atoms with Crippen molar-refractivity contribution in [3.8, 4) is 0 Å². The molecule has 4 atom stereocenters. The van der Waals surface area contributed by atoms with Crippen molar-refractivity contribution in [2.24, 2.45) is 23.5 Å². The van der Waals surface area contributed by atoms with E-state index in [9.17, 15) is 0 Å². The molecule has 2 bridgehead atoms. The van der Waals surface area contributed by atoms with Crippen LogP contribution in [0.4, 0.5) is 5.69 Å². The van der Waals surface area contributed by atoms with E-state index >= 15 is 0 Å². The van der Waals surface area contributed by atoms with Gasteiger partial charge in [-0.1, -0.05) is 28.4 Å². The lowest BCUT2D eigenvalue weighted by molar-refractivity contribution is 0.337. The van der Waals surface area contributed by atoms with E-state index in [-0.39, 0.29) is 6.04 Å². The van der Waals surface area contributed by atoms with Crippen molar-refractivity contribution in [1.82, 2.24) is 0 Å². The molecular weight excluding hydrogens is 312 g/mol. The average Bonchev–Trinajstić information content (AvgIpc) is 3.00. The predicted octanol–water partition coefficient (Wildman–Crippen LogP) is 4.34. The van der Waals surface area contributed by atoms with Crippen LogP contribution < -0.4 is 10.6 Å². The largest absolute Gasteiger partial charge is 0.374 e. The van der Waals surface area contributed by atoms with Gasteiger partial charge in [-0.3, -0.25) is 0 Å². The number of halogens is 1. The van der Waals surface area contributed by atoms with Crippen molar-refractivity contribution in [2.45, 2.75) is 38.6 Å². The summed E-state index contributed by atoms with van der Waals surface area (Å²) in [5.41, 5.74) is 8.67.